The van der Waals surface area contributed by atoms with Gasteiger partial charge in [0.15, 0.2) is 0 Å². The van der Waals surface area contributed by atoms with Gasteiger partial charge in [-0.3, -0.25) is 4.79 Å². The molecule has 4 rings (SSSR count). The van der Waals surface area contributed by atoms with Gasteiger partial charge in [0, 0.05) is 24.5 Å². The monoisotopic (exact) mass is 298 g/mol. The lowest BCUT2D eigenvalue weighted by molar-refractivity contribution is 0.0854. The highest BCUT2D eigenvalue weighted by molar-refractivity contribution is 5.88. The second-order valence-electron chi connectivity index (χ2n) is 6.54. The van der Waals surface area contributed by atoms with E-state index >= 15 is 0 Å². The van der Waals surface area contributed by atoms with Gasteiger partial charge in [-0.1, -0.05) is 0 Å². The van der Waals surface area contributed by atoms with E-state index in [9.17, 15) is 4.79 Å². The van der Waals surface area contributed by atoms with Crippen LogP contribution in [0, 0.1) is 0 Å². The van der Waals surface area contributed by atoms with E-state index in [4.69, 9.17) is 5.73 Å². The summed E-state index contributed by atoms with van der Waals surface area (Å²) in [5, 5.41) is 4.54. The molecule has 2 N–H and O–H groups in total. The molecule has 2 aliphatic rings. The molecule has 2 aromatic rings. The summed E-state index contributed by atoms with van der Waals surface area (Å²) in [7, 11) is 2.05. The molecule has 0 aromatic carbocycles. The molecule has 5 heteroatoms. The largest absolute Gasteiger partial charge is 0.383 e. The minimum Gasteiger partial charge on any atom is -0.383 e. The fraction of sp³-hybridized carbons (Fsp3) is 0.529. The van der Waals surface area contributed by atoms with Crippen LogP contribution in [0.5, 0.6) is 0 Å². The van der Waals surface area contributed by atoms with E-state index in [1.807, 2.05) is 13.2 Å². The number of hydrogen-bond acceptors (Lipinski definition) is 3. The molecule has 5 nitrogen and oxygen atoms in total. The van der Waals surface area contributed by atoms with Crippen LogP contribution in [-0.4, -0.2) is 20.3 Å². The second kappa shape index (κ2) is 5.00. The van der Waals surface area contributed by atoms with Crippen LogP contribution in [0.3, 0.4) is 0 Å². The number of carbonyl (C=O) groups excluding carboxylic acids is 1. The number of aryl methyl sites for hydroxylation is 2. The summed E-state index contributed by atoms with van der Waals surface area (Å²) in [6, 6.07) is 2.08. The number of anilines is 1. The summed E-state index contributed by atoms with van der Waals surface area (Å²) in [5.74, 6) is 0.510. The predicted octanol–water partition coefficient (Wildman–Crippen LogP) is 2.44. The molecule has 0 bridgehead atoms. The third-order valence-electron chi connectivity index (χ3n) is 5.22. The fourth-order valence-electron chi connectivity index (χ4n) is 4.00. The Morgan fingerprint density at radius 2 is 2.09 bits per heavy atom. The van der Waals surface area contributed by atoms with Gasteiger partial charge < -0.3 is 10.3 Å². The van der Waals surface area contributed by atoms with Crippen LogP contribution in [0.2, 0.25) is 0 Å². The third kappa shape index (κ3) is 1.91. The molecule has 1 atom stereocenters. The molecule has 2 aromatic heterocycles. The van der Waals surface area contributed by atoms with Crippen LogP contribution < -0.4 is 5.73 Å². The number of rotatable bonds is 1. The number of aromatic nitrogens is 3. The first-order valence-electron chi connectivity index (χ1n) is 8.21. The van der Waals surface area contributed by atoms with Gasteiger partial charge in [-0.15, -0.1) is 0 Å². The summed E-state index contributed by atoms with van der Waals surface area (Å²) in [6.45, 7) is 0. The molecular weight excluding hydrogens is 276 g/mol. The van der Waals surface area contributed by atoms with E-state index in [1.165, 1.54) is 10.4 Å². The predicted molar refractivity (Wildman–Crippen MR) is 85.0 cm³/mol. The first kappa shape index (κ1) is 13.6. The van der Waals surface area contributed by atoms with Crippen molar-refractivity contribution >= 4 is 11.7 Å². The van der Waals surface area contributed by atoms with Gasteiger partial charge in [0.2, 0.25) is 0 Å². The smallest absolute Gasteiger partial charge is 0.256 e. The van der Waals surface area contributed by atoms with E-state index < -0.39 is 0 Å². The third-order valence-corrected chi connectivity index (χ3v) is 5.22. The lowest BCUT2D eigenvalue weighted by atomic mass is 9.86. The van der Waals surface area contributed by atoms with Crippen LogP contribution in [-0.2, 0) is 26.3 Å². The molecule has 0 aliphatic heterocycles. The number of nitrogens with two attached hydrogens (primary N) is 1. The molecular formula is C17H22N4O. The van der Waals surface area contributed by atoms with Gasteiger partial charge in [0.25, 0.3) is 5.91 Å². The van der Waals surface area contributed by atoms with Gasteiger partial charge in [-0.2, -0.15) is 9.78 Å². The highest BCUT2D eigenvalue weighted by Crippen LogP contribution is 2.35. The van der Waals surface area contributed by atoms with Crippen LogP contribution in [0.15, 0.2) is 12.3 Å². The lowest BCUT2D eigenvalue weighted by Crippen LogP contribution is -2.26. The molecule has 2 aliphatic carbocycles. The minimum atomic E-state index is -0.103. The first-order valence-corrected chi connectivity index (χ1v) is 8.21. The summed E-state index contributed by atoms with van der Waals surface area (Å²) in [4.78, 5) is 13.0. The first-order chi connectivity index (χ1) is 10.7. The normalized spacial score (nSPS) is 20.5. The van der Waals surface area contributed by atoms with Crippen molar-refractivity contribution in [3.8, 4) is 0 Å². The Labute approximate surface area is 130 Å². The van der Waals surface area contributed by atoms with Gasteiger partial charge in [0.05, 0.1) is 11.6 Å². The molecule has 0 saturated heterocycles. The minimum absolute atomic E-state index is 0.0408. The topological polar surface area (TPSA) is 65.8 Å². The maximum Gasteiger partial charge on any atom is 0.256 e. The Morgan fingerprint density at radius 1 is 1.27 bits per heavy atom. The van der Waals surface area contributed by atoms with Gasteiger partial charge >= 0.3 is 0 Å². The van der Waals surface area contributed by atoms with E-state index in [-0.39, 0.29) is 11.8 Å². The highest BCUT2D eigenvalue weighted by Gasteiger charge is 2.32. The number of fused-ring (bicyclic) bond motifs is 2. The number of nitrogen functional groups attached to an aromatic ring is 1. The average molecular weight is 298 g/mol. The zero-order valence-electron chi connectivity index (χ0n) is 13.0. The zero-order valence-corrected chi connectivity index (χ0v) is 13.0. The maximum atomic E-state index is 13.0. The average Bonchev–Trinajstić information content (AvgIpc) is 3.08. The van der Waals surface area contributed by atoms with Gasteiger partial charge in [-0.05, 0) is 56.6 Å². The Morgan fingerprint density at radius 3 is 2.91 bits per heavy atom. The molecule has 0 spiro atoms. The molecule has 2 heterocycles. The summed E-state index contributed by atoms with van der Waals surface area (Å²) in [6.07, 6.45) is 9.22. The van der Waals surface area contributed by atoms with Crippen LogP contribution >= 0.6 is 0 Å². The van der Waals surface area contributed by atoms with Crippen molar-refractivity contribution in [1.82, 2.24) is 14.3 Å². The second-order valence-corrected chi connectivity index (χ2v) is 6.54. The van der Waals surface area contributed by atoms with Crippen LogP contribution in [0.1, 0.15) is 58.9 Å². The molecule has 0 saturated carbocycles. The zero-order chi connectivity index (χ0) is 15.3. The Bertz CT molecular complexity index is 740. The standard InChI is InChI=1S/C17H22N4O/c1-20-10-9-11-12(6-4-8-15(11)20)17(22)21-16(18)13-5-2-3-7-14(13)19-21/h9-10,12H,2-8,18H2,1H3/t12-/m0/s1. The Balaban J connectivity index is 1.72. The molecule has 116 valence electrons. The number of hydrogen-bond donors (Lipinski definition) is 1. The van der Waals surface area contributed by atoms with E-state index in [0.29, 0.717) is 5.82 Å². The number of carbonyl (C=O) groups is 1. The maximum absolute atomic E-state index is 13.0. The highest BCUT2D eigenvalue weighted by atomic mass is 16.2. The summed E-state index contributed by atoms with van der Waals surface area (Å²) in [5.41, 5.74) is 10.8. The van der Waals surface area contributed by atoms with Crippen LogP contribution in [0.25, 0.3) is 0 Å². The van der Waals surface area contributed by atoms with Crippen molar-refractivity contribution < 1.29 is 4.79 Å². The summed E-state index contributed by atoms with van der Waals surface area (Å²) >= 11 is 0. The molecule has 0 unspecified atom stereocenters. The van der Waals surface area contributed by atoms with Crippen molar-refractivity contribution in [2.45, 2.75) is 50.9 Å². The van der Waals surface area contributed by atoms with Crippen molar-refractivity contribution in [2.75, 3.05) is 5.73 Å². The Hall–Kier alpha value is -2.04. The molecule has 0 fully saturated rings. The fourth-order valence-corrected chi connectivity index (χ4v) is 4.00. The van der Waals surface area contributed by atoms with Gasteiger partial charge in [-0.25, -0.2) is 0 Å². The van der Waals surface area contributed by atoms with Crippen molar-refractivity contribution in [3.63, 3.8) is 0 Å². The van der Waals surface area contributed by atoms with E-state index in [1.54, 1.807) is 0 Å². The number of nitrogens with zero attached hydrogens (tertiary/aromatic N) is 3. The van der Waals surface area contributed by atoms with E-state index in [0.717, 1.165) is 61.8 Å². The Kier molecular flexibility index (Phi) is 3.10. The summed E-state index contributed by atoms with van der Waals surface area (Å²) < 4.78 is 3.62. The van der Waals surface area contributed by atoms with Crippen molar-refractivity contribution in [2.24, 2.45) is 7.05 Å². The van der Waals surface area contributed by atoms with Crippen molar-refractivity contribution in [3.05, 3.63) is 34.8 Å². The van der Waals surface area contributed by atoms with Crippen molar-refractivity contribution in [1.29, 1.82) is 0 Å². The van der Waals surface area contributed by atoms with E-state index in [2.05, 4.69) is 15.7 Å². The molecule has 22 heavy (non-hydrogen) atoms. The quantitative estimate of drug-likeness (QED) is 0.879. The molecule has 0 radical (unpaired) electrons. The molecule has 0 amide bonds. The van der Waals surface area contributed by atoms with Crippen LogP contribution in [0.4, 0.5) is 5.82 Å². The SMILES string of the molecule is Cn1ccc2c1CCC[C@@H]2C(=O)n1nc2c(c1N)CCCC2. The van der Waals surface area contributed by atoms with Gasteiger partial charge in [0.1, 0.15) is 5.82 Å². The lowest BCUT2D eigenvalue weighted by Gasteiger charge is -2.22.